The third-order valence-corrected chi connectivity index (χ3v) is 6.75. The topological polar surface area (TPSA) is 41.7 Å². The molecule has 40 heavy (non-hydrogen) atoms. The molecule has 0 fully saturated rings. The quantitative estimate of drug-likeness (QED) is 0.174. The monoisotopic (exact) mass is 516 g/mol. The molecule has 4 nitrogen and oxygen atoms in total. The SMILES string of the molecule is C=C/C(=N\C(=N/C(=C)c1ccccc1)c1ccccc1)n1c2ccccc2c2ccc(Nc3ccccc3)cc21. The molecule has 0 aliphatic heterocycles. The fourth-order valence-electron chi connectivity index (χ4n) is 4.84. The van der Waals surface area contributed by atoms with E-state index in [1.54, 1.807) is 6.08 Å². The van der Waals surface area contributed by atoms with Crippen LogP contribution in [0.2, 0.25) is 0 Å². The number of nitrogens with zero attached hydrogens (tertiary/aromatic N) is 3. The minimum Gasteiger partial charge on any atom is -0.355 e. The molecule has 0 unspecified atom stereocenters. The normalized spacial score (nSPS) is 12.0. The van der Waals surface area contributed by atoms with Crippen molar-refractivity contribution in [3.63, 3.8) is 0 Å². The average Bonchev–Trinajstić information content (AvgIpc) is 3.34. The molecule has 6 rings (SSSR count). The van der Waals surface area contributed by atoms with Gasteiger partial charge < -0.3 is 5.32 Å². The molecular formula is C36H28N4. The summed E-state index contributed by atoms with van der Waals surface area (Å²) in [6.45, 7) is 8.40. The number of allylic oxidation sites excluding steroid dienone is 1. The molecule has 1 heterocycles. The summed E-state index contributed by atoms with van der Waals surface area (Å²) in [6, 6.07) is 44.9. The zero-order chi connectivity index (χ0) is 27.3. The van der Waals surface area contributed by atoms with Crippen molar-refractivity contribution in [1.82, 2.24) is 4.57 Å². The summed E-state index contributed by atoms with van der Waals surface area (Å²) < 4.78 is 2.15. The lowest BCUT2D eigenvalue weighted by atomic mass is 10.1. The van der Waals surface area contributed by atoms with Gasteiger partial charge in [0.1, 0.15) is 5.84 Å². The summed E-state index contributed by atoms with van der Waals surface area (Å²) in [5.74, 6) is 1.24. The number of hydrogen-bond donors (Lipinski definition) is 1. The van der Waals surface area contributed by atoms with E-state index in [4.69, 9.17) is 9.98 Å². The van der Waals surface area contributed by atoms with Gasteiger partial charge in [0.05, 0.1) is 16.7 Å². The first-order valence-corrected chi connectivity index (χ1v) is 13.2. The average molecular weight is 517 g/mol. The molecule has 0 saturated heterocycles. The van der Waals surface area contributed by atoms with Crippen LogP contribution in [-0.2, 0) is 0 Å². The van der Waals surface area contributed by atoms with Crippen molar-refractivity contribution in [3.05, 3.63) is 164 Å². The molecule has 0 aliphatic rings. The molecule has 6 aromatic rings. The van der Waals surface area contributed by atoms with E-state index in [9.17, 15) is 0 Å². The first-order chi connectivity index (χ1) is 19.7. The van der Waals surface area contributed by atoms with Gasteiger partial charge in [-0.05, 0) is 42.0 Å². The second-order valence-electron chi connectivity index (χ2n) is 9.36. The number of hydrogen-bond acceptors (Lipinski definition) is 2. The van der Waals surface area contributed by atoms with Gasteiger partial charge in [-0.2, -0.15) is 0 Å². The van der Waals surface area contributed by atoms with E-state index in [-0.39, 0.29) is 0 Å². The first-order valence-electron chi connectivity index (χ1n) is 13.2. The number of aliphatic imine (C=N–C) groups is 2. The first kappa shape index (κ1) is 24.8. The van der Waals surface area contributed by atoms with E-state index in [2.05, 4.69) is 71.6 Å². The second-order valence-corrected chi connectivity index (χ2v) is 9.36. The van der Waals surface area contributed by atoms with Gasteiger partial charge in [0, 0.05) is 27.7 Å². The smallest absolute Gasteiger partial charge is 0.162 e. The van der Waals surface area contributed by atoms with Gasteiger partial charge in [-0.25, -0.2) is 9.98 Å². The summed E-state index contributed by atoms with van der Waals surface area (Å²) in [4.78, 5) is 10.0. The molecule has 4 heteroatoms. The Labute approximate surface area is 234 Å². The van der Waals surface area contributed by atoms with Crippen LogP contribution >= 0.6 is 0 Å². The summed E-state index contributed by atoms with van der Waals surface area (Å²) in [7, 11) is 0. The van der Waals surface area contributed by atoms with E-state index < -0.39 is 0 Å². The van der Waals surface area contributed by atoms with Crippen LogP contribution in [-0.4, -0.2) is 16.2 Å². The van der Waals surface area contributed by atoms with Crippen molar-refractivity contribution in [1.29, 1.82) is 0 Å². The van der Waals surface area contributed by atoms with Crippen LogP contribution in [0.3, 0.4) is 0 Å². The standard InChI is InChI=1S/C36H28N4/c1-3-35(39-36(28-17-9-5-10-18-28)37-26(2)27-15-7-4-8-16-27)40-33-22-14-13-21-31(33)32-24-23-30(25-34(32)40)38-29-19-11-6-12-20-29/h3-25,38H,1-2H2/b37-36-,39-35+. The summed E-state index contributed by atoms with van der Waals surface area (Å²) in [5, 5.41) is 5.80. The van der Waals surface area contributed by atoms with Crippen LogP contribution in [0, 0.1) is 0 Å². The van der Waals surface area contributed by atoms with Crippen LogP contribution in [0.4, 0.5) is 11.4 Å². The van der Waals surface area contributed by atoms with Gasteiger partial charge in [-0.1, -0.05) is 116 Å². The van der Waals surface area contributed by atoms with Crippen LogP contribution in [0.15, 0.2) is 163 Å². The van der Waals surface area contributed by atoms with Gasteiger partial charge in [0.2, 0.25) is 0 Å². The minimum atomic E-state index is 0.564. The fraction of sp³-hybridized carbons (Fsp3) is 0. The largest absolute Gasteiger partial charge is 0.355 e. The van der Waals surface area contributed by atoms with Crippen molar-refractivity contribution in [2.24, 2.45) is 9.98 Å². The number of nitrogens with one attached hydrogen (secondary N) is 1. The Morgan fingerprint density at radius 2 is 1.20 bits per heavy atom. The zero-order valence-electron chi connectivity index (χ0n) is 22.0. The molecule has 1 N–H and O–H groups in total. The van der Waals surface area contributed by atoms with E-state index in [0.717, 1.165) is 44.3 Å². The number of benzene rings is 5. The van der Waals surface area contributed by atoms with Crippen LogP contribution < -0.4 is 5.32 Å². The van der Waals surface area contributed by atoms with Crippen molar-refractivity contribution in [3.8, 4) is 0 Å². The molecule has 5 aromatic carbocycles. The number of aromatic nitrogens is 1. The summed E-state index contributed by atoms with van der Waals surface area (Å²) in [5.41, 5.74) is 6.56. The summed E-state index contributed by atoms with van der Waals surface area (Å²) >= 11 is 0. The maximum Gasteiger partial charge on any atom is 0.162 e. The maximum atomic E-state index is 5.12. The lowest BCUT2D eigenvalue weighted by Gasteiger charge is -2.11. The zero-order valence-corrected chi connectivity index (χ0v) is 22.0. The Kier molecular flexibility index (Phi) is 6.89. The molecular weight excluding hydrogens is 488 g/mol. The van der Waals surface area contributed by atoms with Gasteiger partial charge in [0.25, 0.3) is 0 Å². The molecule has 0 saturated carbocycles. The maximum absolute atomic E-state index is 5.12. The van der Waals surface area contributed by atoms with Gasteiger partial charge in [-0.3, -0.25) is 4.57 Å². The highest BCUT2D eigenvalue weighted by molar-refractivity contribution is 6.19. The van der Waals surface area contributed by atoms with Crippen molar-refractivity contribution < 1.29 is 0 Å². The Balaban J connectivity index is 1.54. The fourth-order valence-corrected chi connectivity index (χ4v) is 4.84. The predicted octanol–water partition coefficient (Wildman–Crippen LogP) is 9.09. The number of fused-ring (bicyclic) bond motifs is 3. The molecule has 0 aliphatic carbocycles. The molecule has 0 amide bonds. The Bertz CT molecular complexity index is 1880. The molecule has 0 spiro atoms. The van der Waals surface area contributed by atoms with Crippen molar-refractivity contribution in [2.75, 3.05) is 5.32 Å². The lowest BCUT2D eigenvalue weighted by molar-refractivity contribution is 1.27. The molecule has 0 bridgehead atoms. The van der Waals surface area contributed by atoms with Gasteiger partial charge in [0.15, 0.2) is 5.84 Å². The third kappa shape index (κ3) is 4.98. The Morgan fingerprint density at radius 3 is 1.90 bits per heavy atom. The Morgan fingerprint density at radius 1 is 0.600 bits per heavy atom. The van der Waals surface area contributed by atoms with E-state index in [1.807, 2.05) is 84.9 Å². The van der Waals surface area contributed by atoms with Crippen LogP contribution in [0.25, 0.3) is 27.5 Å². The lowest BCUT2D eigenvalue weighted by Crippen LogP contribution is -2.12. The minimum absolute atomic E-state index is 0.564. The molecule has 0 radical (unpaired) electrons. The van der Waals surface area contributed by atoms with Crippen molar-refractivity contribution >= 4 is 50.5 Å². The number of anilines is 2. The highest BCUT2D eigenvalue weighted by atomic mass is 15.1. The van der Waals surface area contributed by atoms with Gasteiger partial charge >= 0.3 is 0 Å². The number of para-hydroxylation sites is 2. The number of rotatable bonds is 6. The van der Waals surface area contributed by atoms with E-state index >= 15 is 0 Å². The molecule has 192 valence electrons. The van der Waals surface area contributed by atoms with Crippen molar-refractivity contribution in [2.45, 2.75) is 0 Å². The molecule has 0 atom stereocenters. The highest BCUT2D eigenvalue weighted by Crippen LogP contribution is 2.32. The Hall–Kier alpha value is -5.48. The van der Waals surface area contributed by atoms with E-state index in [1.165, 1.54) is 0 Å². The van der Waals surface area contributed by atoms with Crippen LogP contribution in [0.1, 0.15) is 11.1 Å². The second kappa shape index (κ2) is 11.1. The van der Waals surface area contributed by atoms with Gasteiger partial charge in [-0.15, -0.1) is 0 Å². The van der Waals surface area contributed by atoms with Crippen LogP contribution in [0.5, 0.6) is 0 Å². The summed E-state index contributed by atoms with van der Waals surface area (Å²) in [6.07, 6.45) is 1.78. The third-order valence-electron chi connectivity index (χ3n) is 6.75. The predicted molar refractivity (Wildman–Crippen MR) is 171 cm³/mol. The molecule has 1 aromatic heterocycles. The number of amidine groups is 1. The van der Waals surface area contributed by atoms with E-state index in [0.29, 0.717) is 17.4 Å². The highest BCUT2D eigenvalue weighted by Gasteiger charge is 2.15.